The molecule has 1 aromatic carbocycles. The highest BCUT2D eigenvalue weighted by Crippen LogP contribution is 2.33. The monoisotopic (exact) mass is 407 g/mol. The summed E-state index contributed by atoms with van der Waals surface area (Å²) in [5, 5.41) is 0. The number of amides is 2. The molecule has 7 nitrogen and oxygen atoms in total. The predicted molar refractivity (Wildman–Crippen MR) is 115 cm³/mol. The Morgan fingerprint density at radius 1 is 1.07 bits per heavy atom. The standard InChI is InChI=1S/C23H29N5O2/c1-16(29)27-12-7-20(8-13-27)28-11-3-6-19(15-28)22-21(25-9-10-26-22)17-4-2-5-18(14-17)23(24)30/h2,4-5,9-10,14,19-20H,3,6-8,11-13,15H2,1H3,(H2,24,30). The molecule has 1 aromatic heterocycles. The zero-order valence-corrected chi connectivity index (χ0v) is 17.5. The van der Waals surface area contributed by atoms with Gasteiger partial charge in [0, 0.05) is 62.0 Å². The lowest BCUT2D eigenvalue weighted by atomic mass is 9.89. The van der Waals surface area contributed by atoms with Crippen LogP contribution in [-0.4, -0.2) is 63.8 Å². The Balaban J connectivity index is 1.53. The molecule has 2 aliphatic heterocycles. The maximum atomic E-state index is 11.6. The molecule has 0 aliphatic carbocycles. The highest BCUT2D eigenvalue weighted by Gasteiger charge is 2.31. The molecule has 0 radical (unpaired) electrons. The van der Waals surface area contributed by atoms with E-state index in [1.54, 1.807) is 31.5 Å². The van der Waals surface area contributed by atoms with Gasteiger partial charge < -0.3 is 10.6 Å². The highest BCUT2D eigenvalue weighted by molar-refractivity contribution is 5.94. The molecule has 158 valence electrons. The van der Waals surface area contributed by atoms with E-state index in [2.05, 4.69) is 9.88 Å². The van der Waals surface area contributed by atoms with Crippen LogP contribution in [-0.2, 0) is 4.79 Å². The lowest BCUT2D eigenvalue weighted by Gasteiger charge is -2.42. The molecule has 0 saturated carbocycles. The van der Waals surface area contributed by atoms with Crippen LogP contribution in [0.25, 0.3) is 11.3 Å². The van der Waals surface area contributed by atoms with Crippen molar-refractivity contribution in [3.63, 3.8) is 0 Å². The van der Waals surface area contributed by atoms with Crippen LogP contribution in [0.15, 0.2) is 36.7 Å². The van der Waals surface area contributed by atoms with Gasteiger partial charge in [-0.15, -0.1) is 0 Å². The van der Waals surface area contributed by atoms with Crippen LogP contribution in [0, 0.1) is 0 Å². The lowest BCUT2D eigenvalue weighted by molar-refractivity contribution is -0.130. The van der Waals surface area contributed by atoms with Crippen LogP contribution in [0.2, 0.25) is 0 Å². The summed E-state index contributed by atoms with van der Waals surface area (Å²) < 4.78 is 0. The van der Waals surface area contributed by atoms with Gasteiger partial charge in [0.05, 0.1) is 11.4 Å². The minimum absolute atomic E-state index is 0.173. The molecule has 4 rings (SSSR count). The summed E-state index contributed by atoms with van der Waals surface area (Å²) in [4.78, 5) is 37.1. The van der Waals surface area contributed by atoms with E-state index in [1.165, 1.54) is 0 Å². The summed E-state index contributed by atoms with van der Waals surface area (Å²) in [6.45, 7) is 5.38. The zero-order chi connectivity index (χ0) is 21.1. The fourth-order valence-electron chi connectivity index (χ4n) is 4.80. The molecular weight excluding hydrogens is 378 g/mol. The Bertz CT molecular complexity index is 923. The smallest absolute Gasteiger partial charge is 0.248 e. The topological polar surface area (TPSA) is 92.4 Å². The van der Waals surface area contributed by atoms with Crippen molar-refractivity contribution in [2.45, 2.75) is 44.6 Å². The first-order valence-corrected chi connectivity index (χ1v) is 10.7. The molecule has 2 fully saturated rings. The van der Waals surface area contributed by atoms with E-state index in [-0.39, 0.29) is 5.91 Å². The summed E-state index contributed by atoms with van der Waals surface area (Å²) in [6.07, 6.45) is 7.70. The Morgan fingerprint density at radius 2 is 1.83 bits per heavy atom. The number of primary amides is 1. The molecule has 30 heavy (non-hydrogen) atoms. The number of nitrogens with zero attached hydrogens (tertiary/aromatic N) is 4. The molecule has 1 unspecified atom stereocenters. The number of hydrogen-bond acceptors (Lipinski definition) is 5. The molecule has 1 atom stereocenters. The largest absolute Gasteiger partial charge is 0.366 e. The first-order chi connectivity index (χ1) is 14.5. The quantitative estimate of drug-likeness (QED) is 0.840. The number of nitrogens with two attached hydrogens (primary N) is 1. The average Bonchev–Trinajstić information content (AvgIpc) is 2.79. The predicted octanol–water partition coefficient (Wildman–Crippen LogP) is 2.43. The van der Waals surface area contributed by atoms with Crippen LogP contribution in [0.1, 0.15) is 54.6 Å². The van der Waals surface area contributed by atoms with Crippen LogP contribution in [0.3, 0.4) is 0 Å². The fraction of sp³-hybridized carbons (Fsp3) is 0.478. The van der Waals surface area contributed by atoms with Crippen molar-refractivity contribution in [2.24, 2.45) is 5.73 Å². The third kappa shape index (κ3) is 4.36. The minimum Gasteiger partial charge on any atom is -0.366 e. The molecule has 0 spiro atoms. The van der Waals surface area contributed by atoms with Gasteiger partial charge in [-0.25, -0.2) is 0 Å². The molecule has 7 heteroatoms. The van der Waals surface area contributed by atoms with E-state index in [4.69, 9.17) is 10.7 Å². The van der Waals surface area contributed by atoms with Crippen molar-refractivity contribution < 1.29 is 9.59 Å². The van der Waals surface area contributed by atoms with E-state index >= 15 is 0 Å². The molecule has 2 amide bonds. The lowest BCUT2D eigenvalue weighted by Crippen LogP contribution is -2.49. The second-order valence-electron chi connectivity index (χ2n) is 8.31. The fourth-order valence-corrected chi connectivity index (χ4v) is 4.80. The second-order valence-corrected chi connectivity index (χ2v) is 8.31. The number of rotatable bonds is 4. The molecule has 0 bridgehead atoms. The van der Waals surface area contributed by atoms with E-state index < -0.39 is 5.91 Å². The normalized spacial score (nSPS) is 20.8. The van der Waals surface area contributed by atoms with E-state index in [0.29, 0.717) is 17.5 Å². The number of likely N-dealkylation sites (tertiary alicyclic amines) is 2. The van der Waals surface area contributed by atoms with E-state index in [1.807, 2.05) is 17.0 Å². The van der Waals surface area contributed by atoms with Gasteiger partial charge in [-0.3, -0.25) is 24.5 Å². The number of piperidine rings is 2. The maximum absolute atomic E-state index is 11.6. The van der Waals surface area contributed by atoms with Gasteiger partial charge >= 0.3 is 0 Å². The van der Waals surface area contributed by atoms with Crippen molar-refractivity contribution in [3.8, 4) is 11.3 Å². The Kier molecular flexibility index (Phi) is 6.08. The van der Waals surface area contributed by atoms with E-state index in [9.17, 15) is 9.59 Å². The highest BCUT2D eigenvalue weighted by atomic mass is 16.2. The molecule has 2 saturated heterocycles. The first kappa shape index (κ1) is 20.5. The van der Waals surface area contributed by atoms with Gasteiger partial charge in [-0.2, -0.15) is 0 Å². The number of hydrogen-bond donors (Lipinski definition) is 1. The SMILES string of the molecule is CC(=O)N1CCC(N2CCCC(c3nccnc3-c3cccc(C(N)=O)c3)C2)CC1. The van der Waals surface area contributed by atoms with Crippen LogP contribution >= 0.6 is 0 Å². The number of benzene rings is 1. The van der Waals surface area contributed by atoms with E-state index in [0.717, 1.165) is 68.8 Å². The molecular formula is C23H29N5O2. The molecule has 3 heterocycles. The van der Waals surface area contributed by atoms with Crippen LogP contribution in [0.4, 0.5) is 0 Å². The summed E-state index contributed by atoms with van der Waals surface area (Å²) >= 11 is 0. The van der Waals surface area contributed by atoms with Crippen molar-refractivity contribution in [3.05, 3.63) is 47.9 Å². The van der Waals surface area contributed by atoms with Crippen LogP contribution in [0.5, 0.6) is 0 Å². The molecule has 2 N–H and O–H groups in total. The Labute approximate surface area is 177 Å². The van der Waals surface area contributed by atoms with Gasteiger partial charge in [-0.05, 0) is 44.4 Å². The van der Waals surface area contributed by atoms with Gasteiger partial charge in [-0.1, -0.05) is 12.1 Å². The zero-order valence-electron chi connectivity index (χ0n) is 17.5. The average molecular weight is 408 g/mol. The van der Waals surface area contributed by atoms with Gasteiger partial charge in [0.15, 0.2) is 0 Å². The number of carbonyl (C=O) groups excluding carboxylic acids is 2. The summed E-state index contributed by atoms with van der Waals surface area (Å²) in [5.74, 6) is 0.0286. The summed E-state index contributed by atoms with van der Waals surface area (Å²) in [6, 6.07) is 7.83. The minimum atomic E-state index is -0.442. The van der Waals surface area contributed by atoms with Gasteiger partial charge in [0.2, 0.25) is 11.8 Å². The third-order valence-electron chi connectivity index (χ3n) is 6.41. The first-order valence-electron chi connectivity index (χ1n) is 10.7. The summed E-state index contributed by atoms with van der Waals surface area (Å²) in [5.41, 5.74) is 8.64. The summed E-state index contributed by atoms with van der Waals surface area (Å²) in [7, 11) is 0. The number of carbonyl (C=O) groups is 2. The van der Waals surface area contributed by atoms with Crippen LogP contribution < -0.4 is 5.73 Å². The van der Waals surface area contributed by atoms with Crippen molar-refractivity contribution in [2.75, 3.05) is 26.2 Å². The second kappa shape index (κ2) is 8.92. The van der Waals surface area contributed by atoms with Crippen molar-refractivity contribution >= 4 is 11.8 Å². The third-order valence-corrected chi connectivity index (χ3v) is 6.41. The van der Waals surface area contributed by atoms with Gasteiger partial charge in [0.25, 0.3) is 0 Å². The maximum Gasteiger partial charge on any atom is 0.248 e. The Morgan fingerprint density at radius 3 is 2.57 bits per heavy atom. The Hall–Kier alpha value is -2.80. The van der Waals surface area contributed by atoms with Crippen molar-refractivity contribution in [1.29, 1.82) is 0 Å². The van der Waals surface area contributed by atoms with Crippen molar-refractivity contribution in [1.82, 2.24) is 19.8 Å². The number of aromatic nitrogens is 2. The molecule has 2 aromatic rings. The molecule has 2 aliphatic rings. The van der Waals surface area contributed by atoms with Gasteiger partial charge in [0.1, 0.15) is 0 Å².